The van der Waals surface area contributed by atoms with E-state index in [2.05, 4.69) is 20.7 Å². The van der Waals surface area contributed by atoms with E-state index in [4.69, 9.17) is 0 Å². The van der Waals surface area contributed by atoms with Gasteiger partial charge in [-0.05, 0) is 37.1 Å². The summed E-state index contributed by atoms with van der Waals surface area (Å²) in [5.74, 6) is -1.08. The third kappa shape index (κ3) is 6.40. The lowest BCUT2D eigenvalue weighted by Gasteiger charge is -2.15. The van der Waals surface area contributed by atoms with Crippen molar-refractivity contribution in [2.24, 2.45) is 0 Å². The Morgan fingerprint density at radius 1 is 1.03 bits per heavy atom. The number of rotatable bonds is 7. The summed E-state index contributed by atoms with van der Waals surface area (Å²) in [6.07, 6.45) is -0.726. The quantitative estimate of drug-likeness (QED) is 0.623. The van der Waals surface area contributed by atoms with Crippen LogP contribution in [0.4, 0.5) is 24.5 Å². The number of halogens is 3. The van der Waals surface area contributed by atoms with Gasteiger partial charge in [-0.15, -0.1) is 13.2 Å². The molecule has 0 saturated heterocycles. The molecule has 0 heterocycles. The van der Waals surface area contributed by atoms with Gasteiger partial charge in [-0.25, -0.2) is 0 Å². The molecule has 0 unspecified atom stereocenters. The minimum Gasteiger partial charge on any atom is -0.406 e. The smallest absolute Gasteiger partial charge is 0.406 e. The standard InChI is InChI=1S/C21H22F3N3O3/c22-21(23,24)30-16-9-5-8-15(12-16)25-13-19(28)27-18-11-4-3-10-17(18)20(29)26-14-6-1-2-7-14/h3-5,8-12,14,25H,1-2,6-7,13H2,(H,26,29)(H,27,28). The van der Waals surface area contributed by atoms with Crippen LogP contribution < -0.4 is 20.7 Å². The van der Waals surface area contributed by atoms with E-state index in [1.54, 1.807) is 24.3 Å². The molecule has 160 valence electrons. The van der Waals surface area contributed by atoms with Crippen molar-refractivity contribution in [2.45, 2.75) is 38.1 Å². The number of carbonyl (C=O) groups is 2. The highest BCUT2D eigenvalue weighted by atomic mass is 19.4. The molecule has 2 aromatic rings. The fourth-order valence-electron chi connectivity index (χ4n) is 3.30. The number of anilines is 2. The third-order valence-corrected chi connectivity index (χ3v) is 4.66. The molecular formula is C21H22F3N3O3. The lowest BCUT2D eigenvalue weighted by molar-refractivity contribution is -0.274. The first-order valence-electron chi connectivity index (χ1n) is 9.59. The van der Waals surface area contributed by atoms with Gasteiger partial charge in [0.2, 0.25) is 5.91 Å². The molecule has 0 aliphatic heterocycles. The molecule has 2 aromatic carbocycles. The van der Waals surface area contributed by atoms with Gasteiger partial charge in [0, 0.05) is 17.8 Å². The highest BCUT2D eigenvalue weighted by molar-refractivity contribution is 6.04. The molecule has 9 heteroatoms. The van der Waals surface area contributed by atoms with Gasteiger partial charge < -0.3 is 20.7 Å². The van der Waals surface area contributed by atoms with E-state index < -0.39 is 12.3 Å². The summed E-state index contributed by atoms with van der Waals surface area (Å²) < 4.78 is 40.8. The van der Waals surface area contributed by atoms with Gasteiger partial charge in [-0.3, -0.25) is 9.59 Å². The van der Waals surface area contributed by atoms with Crippen LogP contribution in [0.1, 0.15) is 36.0 Å². The Balaban J connectivity index is 1.58. The van der Waals surface area contributed by atoms with Crippen molar-refractivity contribution in [3.63, 3.8) is 0 Å². The van der Waals surface area contributed by atoms with E-state index in [1.165, 1.54) is 12.1 Å². The van der Waals surface area contributed by atoms with Crippen molar-refractivity contribution in [1.82, 2.24) is 5.32 Å². The van der Waals surface area contributed by atoms with E-state index in [0.29, 0.717) is 16.9 Å². The Labute approximate surface area is 171 Å². The van der Waals surface area contributed by atoms with Crippen LogP contribution in [-0.2, 0) is 4.79 Å². The molecular weight excluding hydrogens is 399 g/mol. The fourth-order valence-corrected chi connectivity index (χ4v) is 3.30. The number of carbonyl (C=O) groups excluding carboxylic acids is 2. The van der Waals surface area contributed by atoms with Gasteiger partial charge in [0.25, 0.3) is 5.91 Å². The number of nitrogens with one attached hydrogen (secondary N) is 3. The summed E-state index contributed by atoms with van der Waals surface area (Å²) in [6.45, 7) is -0.200. The number of para-hydroxylation sites is 1. The zero-order valence-electron chi connectivity index (χ0n) is 16.1. The summed E-state index contributed by atoms with van der Waals surface area (Å²) in [4.78, 5) is 24.9. The van der Waals surface area contributed by atoms with Crippen LogP contribution in [0.25, 0.3) is 0 Å². The van der Waals surface area contributed by atoms with E-state index in [1.807, 2.05) is 0 Å². The van der Waals surface area contributed by atoms with Crippen molar-refractivity contribution < 1.29 is 27.5 Å². The van der Waals surface area contributed by atoms with E-state index in [9.17, 15) is 22.8 Å². The maximum Gasteiger partial charge on any atom is 0.573 e. The van der Waals surface area contributed by atoms with E-state index in [0.717, 1.165) is 37.8 Å². The molecule has 6 nitrogen and oxygen atoms in total. The molecule has 30 heavy (non-hydrogen) atoms. The third-order valence-electron chi connectivity index (χ3n) is 4.66. The number of ether oxygens (including phenoxy) is 1. The second-order valence-electron chi connectivity index (χ2n) is 6.98. The predicted molar refractivity (Wildman–Crippen MR) is 106 cm³/mol. The summed E-state index contributed by atoms with van der Waals surface area (Å²) in [6, 6.07) is 12.0. The van der Waals surface area contributed by atoms with Crippen molar-refractivity contribution in [1.29, 1.82) is 0 Å². The second kappa shape index (κ2) is 9.51. The van der Waals surface area contributed by atoms with Crippen LogP contribution in [0.5, 0.6) is 5.75 Å². The van der Waals surface area contributed by atoms with Crippen molar-refractivity contribution in [3.8, 4) is 5.75 Å². The van der Waals surface area contributed by atoms with Gasteiger partial charge >= 0.3 is 6.36 Å². The second-order valence-corrected chi connectivity index (χ2v) is 6.98. The van der Waals surface area contributed by atoms with Gasteiger partial charge in [-0.1, -0.05) is 31.0 Å². The number of amides is 2. The largest absolute Gasteiger partial charge is 0.573 e. The van der Waals surface area contributed by atoms with Crippen LogP contribution in [0, 0.1) is 0 Å². The Kier molecular flexibility index (Phi) is 6.81. The zero-order valence-corrected chi connectivity index (χ0v) is 16.1. The summed E-state index contributed by atoms with van der Waals surface area (Å²) in [5, 5.41) is 8.38. The topological polar surface area (TPSA) is 79.5 Å². The van der Waals surface area contributed by atoms with Crippen molar-refractivity contribution in [3.05, 3.63) is 54.1 Å². The van der Waals surface area contributed by atoms with Gasteiger partial charge in [0.15, 0.2) is 0 Å². The first kappa shape index (κ1) is 21.5. The lowest BCUT2D eigenvalue weighted by atomic mass is 10.1. The van der Waals surface area contributed by atoms with Crippen LogP contribution >= 0.6 is 0 Å². The number of benzene rings is 2. The molecule has 1 saturated carbocycles. The van der Waals surface area contributed by atoms with Gasteiger partial charge in [0.05, 0.1) is 17.8 Å². The molecule has 1 fully saturated rings. The minimum atomic E-state index is -4.79. The average Bonchev–Trinajstić information content (AvgIpc) is 3.19. The number of hydrogen-bond acceptors (Lipinski definition) is 4. The van der Waals surface area contributed by atoms with Crippen molar-refractivity contribution in [2.75, 3.05) is 17.2 Å². The average molecular weight is 421 g/mol. The fraction of sp³-hybridized carbons (Fsp3) is 0.333. The Bertz CT molecular complexity index is 896. The molecule has 0 aromatic heterocycles. The highest BCUT2D eigenvalue weighted by Crippen LogP contribution is 2.25. The Hall–Kier alpha value is -3.23. The molecule has 0 radical (unpaired) electrons. The molecule has 3 N–H and O–H groups in total. The number of hydrogen-bond donors (Lipinski definition) is 3. The molecule has 0 atom stereocenters. The molecule has 3 rings (SSSR count). The predicted octanol–water partition coefficient (Wildman–Crippen LogP) is 4.31. The lowest BCUT2D eigenvalue weighted by Crippen LogP contribution is -2.33. The SMILES string of the molecule is O=C(CNc1cccc(OC(F)(F)F)c1)Nc1ccccc1C(=O)NC1CCCC1. The van der Waals surface area contributed by atoms with Crippen molar-refractivity contribution >= 4 is 23.2 Å². The first-order valence-corrected chi connectivity index (χ1v) is 9.59. The molecule has 2 amide bonds. The van der Waals surface area contributed by atoms with Crippen LogP contribution in [0.3, 0.4) is 0 Å². The van der Waals surface area contributed by atoms with Gasteiger partial charge in [-0.2, -0.15) is 0 Å². The van der Waals surface area contributed by atoms with Gasteiger partial charge in [0.1, 0.15) is 5.75 Å². The minimum absolute atomic E-state index is 0.147. The normalized spacial score (nSPS) is 14.2. The molecule has 0 bridgehead atoms. The Morgan fingerprint density at radius 3 is 2.50 bits per heavy atom. The maximum atomic E-state index is 12.6. The van der Waals surface area contributed by atoms with E-state index in [-0.39, 0.29) is 24.2 Å². The van der Waals surface area contributed by atoms with Crippen LogP contribution in [0.2, 0.25) is 0 Å². The molecule has 0 spiro atoms. The monoisotopic (exact) mass is 421 g/mol. The summed E-state index contributed by atoms with van der Waals surface area (Å²) in [7, 11) is 0. The first-order chi connectivity index (χ1) is 14.3. The molecule has 1 aliphatic rings. The summed E-state index contributed by atoms with van der Waals surface area (Å²) in [5.41, 5.74) is 1.02. The summed E-state index contributed by atoms with van der Waals surface area (Å²) >= 11 is 0. The van der Waals surface area contributed by atoms with Crippen LogP contribution in [-0.4, -0.2) is 30.8 Å². The highest BCUT2D eigenvalue weighted by Gasteiger charge is 2.31. The zero-order chi connectivity index (χ0) is 21.6. The number of alkyl halides is 3. The molecule has 1 aliphatic carbocycles. The maximum absolute atomic E-state index is 12.6. The van der Waals surface area contributed by atoms with E-state index >= 15 is 0 Å². The Morgan fingerprint density at radius 2 is 1.77 bits per heavy atom. The van der Waals surface area contributed by atoms with Crippen LogP contribution in [0.15, 0.2) is 48.5 Å².